The molecule has 0 radical (unpaired) electrons. The number of halogens is 1. The van der Waals surface area contributed by atoms with Crippen LogP contribution in [0.4, 0.5) is 5.69 Å². The molecule has 0 bridgehead atoms. The van der Waals surface area contributed by atoms with Gasteiger partial charge in [0.2, 0.25) is 0 Å². The lowest BCUT2D eigenvalue weighted by Crippen LogP contribution is -2.32. The number of anilines is 1. The molecule has 1 heterocycles. The van der Waals surface area contributed by atoms with Gasteiger partial charge in [0, 0.05) is 41.1 Å². The summed E-state index contributed by atoms with van der Waals surface area (Å²) in [5.41, 5.74) is 8.30. The maximum absolute atomic E-state index is 5.83. The van der Waals surface area contributed by atoms with Crippen molar-refractivity contribution >= 4 is 33.4 Å². The molecule has 0 aliphatic carbocycles. The highest BCUT2D eigenvalue weighted by atomic mass is 79.9. The van der Waals surface area contributed by atoms with E-state index < -0.39 is 0 Å². The van der Waals surface area contributed by atoms with Crippen LogP contribution in [0.5, 0.6) is 0 Å². The lowest BCUT2D eigenvalue weighted by atomic mass is 10.1. The van der Waals surface area contributed by atoms with Crippen LogP contribution in [0.1, 0.15) is 12.0 Å². The summed E-state index contributed by atoms with van der Waals surface area (Å²) in [7, 11) is 2.18. The van der Waals surface area contributed by atoms with Gasteiger partial charge in [0.25, 0.3) is 0 Å². The molecule has 88 valence electrons. The molecule has 4 heteroatoms. The lowest BCUT2D eigenvalue weighted by Gasteiger charge is -2.28. The molecule has 1 aliphatic rings. The SMILES string of the molecule is CN(c1cccc(Br)c1CN)C1CCSC1. The van der Waals surface area contributed by atoms with Crippen molar-refractivity contribution in [2.45, 2.75) is 19.0 Å². The maximum Gasteiger partial charge on any atom is 0.0423 e. The van der Waals surface area contributed by atoms with Crippen molar-refractivity contribution in [1.29, 1.82) is 0 Å². The Morgan fingerprint density at radius 2 is 2.38 bits per heavy atom. The monoisotopic (exact) mass is 300 g/mol. The molecule has 16 heavy (non-hydrogen) atoms. The van der Waals surface area contributed by atoms with Crippen LogP contribution in [0.3, 0.4) is 0 Å². The average Bonchev–Trinajstić information content (AvgIpc) is 2.81. The minimum Gasteiger partial charge on any atom is -0.370 e. The van der Waals surface area contributed by atoms with E-state index in [-0.39, 0.29) is 0 Å². The Morgan fingerprint density at radius 3 is 3.00 bits per heavy atom. The predicted molar refractivity (Wildman–Crippen MR) is 76.2 cm³/mol. The Bertz CT molecular complexity index is 364. The number of benzene rings is 1. The van der Waals surface area contributed by atoms with Gasteiger partial charge in [0.1, 0.15) is 0 Å². The quantitative estimate of drug-likeness (QED) is 0.931. The number of hydrogen-bond donors (Lipinski definition) is 1. The fourth-order valence-electron chi connectivity index (χ4n) is 2.10. The van der Waals surface area contributed by atoms with E-state index in [1.165, 1.54) is 29.2 Å². The van der Waals surface area contributed by atoms with Crippen molar-refractivity contribution < 1.29 is 0 Å². The Labute approximate surface area is 110 Å². The van der Waals surface area contributed by atoms with Gasteiger partial charge in [0.15, 0.2) is 0 Å². The van der Waals surface area contributed by atoms with E-state index in [1.54, 1.807) is 0 Å². The van der Waals surface area contributed by atoms with Gasteiger partial charge in [0.05, 0.1) is 0 Å². The van der Waals surface area contributed by atoms with Crippen LogP contribution in [0.2, 0.25) is 0 Å². The normalized spacial score (nSPS) is 20.1. The largest absolute Gasteiger partial charge is 0.370 e. The first-order valence-corrected chi connectivity index (χ1v) is 7.47. The summed E-state index contributed by atoms with van der Waals surface area (Å²) in [6.07, 6.45) is 1.28. The zero-order valence-electron chi connectivity index (χ0n) is 9.45. The highest BCUT2D eigenvalue weighted by Crippen LogP contribution is 2.31. The van der Waals surface area contributed by atoms with Crippen molar-refractivity contribution in [3.05, 3.63) is 28.2 Å². The predicted octanol–water partition coefficient (Wildman–Crippen LogP) is 2.85. The van der Waals surface area contributed by atoms with E-state index in [9.17, 15) is 0 Å². The molecular weight excluding hydrogens is 284 g/mol. The highest BCUT2D eigenvalue weighted by Gasteiger charge is 2.22. The summed E-state index contributed by atoms with van der Waals surface area (Å²) in [4.78, 5) is 2.38. The molecule has 1 unspecified atom stereocenters. The van der Waals surface area contributed by atoms with Crippen molar-refractivity contribution in [3.8, 4) is 0 Å². The van der Waals surface area contributed by atoms with Crippen LogP contribution in [-0.4, -0.2) is 24.6 Å². The van der Waals surface area contributed by atoms with E-state index in [0.717, 1.165) is 4.47 Å². The second kappa shape index (κ2) is 5.43. The van der Waals surface area contributed by atoms with E-state index in [4.69, 9.17) is 5.73 Å². The van der Waals surface area contributed by atoms with E-state index in [0.29, 0.717) is 12.6 Å². The molecule has 2 N–H and O–H groups in total. The third-order valence-corrected chi connectivity index (χ3v) is 5.02. The number of thioether (sulfide) groups is 1. The smallest absolute Gasteiger partial charge is 0.0423 e. The summed E-state index contributed by atoms with van der Waals surface area (Å²) in [5.74, 6) is 2.51. The topological polar surface area (TPSA) is 29.3 Å². The van der Waals surface area contributed by atoms with Crippen LogP contribution < -0.4 is 10.6 Å². The first-order valence-electron chi connectivity index (χ1n) is 5.52. The molecule has 1 aromatic carbocycles. The molecule has 0 saturated carbocycles. The van der Waals surface area contributed by atoms with Crippen LogP contribution >= 0.6 is 27.7 Å². The highest BCUT2D eigenvalue weighted by molar-refractivity contribution is 9.10. The molecule has 0 amide bonds. The van der Waals surface area contributed by atoms with Crippen LogP contribution in [0, 0.1) is 0 Å². The molecule has 0 aromatic heterocycles. The molecule has 2 nitrogen and oxygen atoms in total. The molecule has 1 aliphatic heterocycles. The van der Waals surface area contributed by atoms with E-state index in [2.05, 4.69) is 46.1 Å². The van der Waals surface area contributed by atoms with Crippen LogP contribution in [-0.2, 0) is 6.54 Å². The molecule has 2 rings (SSSR count). The minimum atomic E-state index is 0.584. The number of nitrogens with two attached hydrogens (primary N) is 1. The number of hydrogen-bond acceptors (Lipinski definition) is 3. The van der Waals surface area contributed by atoms with Crippen LogP contribution in [0.15, 0.2) is 22.7 Å². The number of rotatable bonds is 3. The first kappa shape index (κ1) is 12.3. The molecule has 1 aromatic rings. The van der Waals surface area contributed by atoms with Gasteiger partial charge in [-0.05, 0) is 24.3 Å². The molecule has 1 fully saturated rings. The van der Waals surface area contributed by atoms with Crippen molar-refractivity contribution in [1.82, 2.24) is 0 Å². The van der Waals surface area contributed by atoms with E-state index in [1.807, 2.05) is 11.8 Å². The Morgan fingerprint density at radius 1 is 1.56 bits per heavy atom. The third-order valence-electron chi connectivity index (χ3n) is 3.13. The zero-order valence-corrected chi connectivity index (χ0v) is 11.9. The summed E-state index contributed by atoms with van der Waals surface area (Å²) >= 11 is 5.61. The molecule has 1 saturated heterocycles. The Hall–Kier alpha value is -0.190. The Kier molecular flexibility index (Phi) is 4.16. The van der Waals surface area contributed by atoms with E-state index >= 15 is 0 Å². The molecule has 0 spiro atoms. The maximum atomic E-state index is 5.83. The van der Waals surface area contributed by atoms with Gasteiger partial charge in [-0.15, -0.1) is 0 Å². The van der Waals surface area contributed by atoms with Gasteiger partial charge in [-0.3, -0.25) is 0 Å². The summed E-state index contributed by atoms with van der Waals surface area (Å²) in [5, 5.41) is 0. The third kappa shape index (κ3) is 2.39. The molecular formula is C12H17BrN2S. The summed E-state index contributed by atoms with van der Waals surface area (Å²) in [6, 6.07) is 6.96. The second-order valence-corrected chi connectivity index (χ2v) is 6.07. The zero-order chi connectivity index (χ0) is 11.5. The van der Waals surface area contributed by atoms with Gasteiger partial charge >= 0.3 is 0 Å². The fraction of sp³-hybridized carbons (Fsp3) is 0.500. The Balaban J connectivity index is 2.27. The van der Waals surface area contributed by atoms with Gasteiger partial charge in [-0.1, -0.05) is 22.0 Å². The van der Waals surface area contributed by atoms with Crippen molar-refractivity contribution in [3.63, 3.8) is 0 Å². The minimum absolute atomic E-state index is 0.584. The standard InChI is InChI=1S/C12H17BrN2S/c1-15(9-5-6-16-8-9)12-4-2-3-11(13)10(12)7-14/h2-4,9H,5-8,14H2,1H3. The lowest BCUT2D eigenvalue weighted by molar-refractivity contribution is 0.696. The average molecular weight is 301 g/mol. The van der Waals surface area contributed by atoms with Crippen LogP contribution in [0.25, 0.3) is 0 Å². The van der Waals surface area contributed by atoms with Gasteiger partial charge < -0.3 is 10.6 Å². The first-order chi connectivity index (χ1) is 7.74. The fourth-order valence-corrected chi connectivity index (χ4v) is 3.89. The molecule has 1 atom stereocenters. The van der Waals surface area contributed by atoms with Crippen molar-refractivity contribution in [2.75, 3.05) is 23.5 Å². The summed E-state index contributed by atoms with van der Waals surface area (Å²) < 4.78 is 1.12. The summed E-state index contributed by atoms with van der Waals surface area (Å²) in [6.45, 7) is 0.584. The van der Waals surface area contributed by atoms with Gasteiger partial charge in [-0.2, -0.15) is 11.8 Å². The van der Waals surface area contributed by atoms with Gasteiger partial charge in [-0.25, -0.2) is 0 Å². The number of nitrogens with zero attached hydrogens (tertiary/aromatic N) is 1. The second-order valence-electron chi connectivity index (χ2n) is 4.07. The van der Waals surface area contributed by atoms with Crippen molar-refractivity contribution in [2.24, 2.45) is 5.73 Å².